The average Bonchev–Trinajstić information content (AvgIpc) is 2.66. The molecule has 1 saturated carbocycles. The van der Waals surface area contributed by atoms with E-state index in [2.05, 4.69) is 23.3 Å². The van der Waals surface area contributed by atoms with Gasteiger partial charge in [0, 0.05) is 6.04 Å². The van der Waals surface area contributed by atoms with Crippen LogP contribution in [0.15, 0.2) is 0 Å². The highest BCUT2D eigenvalue weighted by Gasteiger charge is 2.23. The molecular weight excluding hydrogens is 234 g/mol. The number of nitrogens with one attached hydrogen (secondary N) is 1. The Labute approximate surface area is 118 Å². The summed E-state index contributed by atoms with van der Waals surface area (Å²) in [6, 6.07) is 2.98. The summed E-state index contributed by atoms with van der Waals surface area (Å²) in [5, 5.41) is 13.0. The first kappa shape index (κ1) is 14.8. The number of hydrogen-bond donors (Lipinski definition) is 1. The summed E-state index contributed by atoms with van der Waals surface area (Å²) in [5.41, 5.74) is 0. The SMILES string of the molecule is CN1CCC(CCNC2CCCCCC2C#N)CC1. The van der Waals surface area contributed by atoms with Crippen LogP contribution < -0.4 is 5.32 Å². The number of nitrogens with zero attached hydrogens (tertiary/aromatic N) is 2. The van der Waals surface area contributed by atoms with Crippen LogP contribution in [0.5, 0.6) is 0 Å². The van der Waals surface area contributed by atoms with Gasteiger partial charge in [-0.2, -0.15) is 5.26 Å². The predicted molar refractivity (Wildman–Crippen MR) is 78.8 cm³/mol. The molecule has 3 heteroatoms. The van der Waals surface area contributed by atoms with Crippen LogP contribution in [0.25, 0.3) is 0 Å². The van der Waals surface area contributed by atoms with Gasteiger partial charge in [0.05, 0.1) is 12.0 Å². The standard InChI is InChI=1S/C16H29N3/c1-19-11-8-14(9-12-19)7-10-18-16-6-4-2-3-5-15(16)13-17/h14-16,18H,2-12H2,1H3. The molecule has 2 rings (SSSR count). The van der Waals surface area contributed by atoms with Crippen LogP contribution in [-0.4, -0.2) is 37.6 Å². The van der Waals surface area contributed by atoms with Crippen molar-refractivity contribution in [2.75, 3.05) is 26.7 Å². The van der Waals surface area contributed by atoms with Crippen molar-refractivity contribution in [3.05, 3.63) is 0 Å². The van der Waals surface area contributed by atoms with Gasteiger partial charge in [0.2, 0.25) is 0 Å². The molecule has 3 nitrogen and oxygen atoms in total. The average molecular weight is 263 g/mol. The van der Waals surface area contributed by atoms with Crippen LogP contribution in [-0.2, 0) is 0 Å². The van der Waals surface area contributed by atoms with Gasteiger partial charge >= 0.3 is 0 Å². The van der Waals surface area contributed by atoms with Crippen LogP contribution in [0.3, 0.4) is 0 Å². The van der Waals surface area contributed by atoms with Gasteiger partial charge in [0.25, 0.3) is 0 Å². The minimum absolute atomic E-state index is 0.250. The van der Waals surface area contributed by atoms with Crippen molar-refractivity contribution in [2.24, 2.45) is 11.8 Å². The third-order valence-corrected chi connectivity index (χ3v) is 4.98. The smallest absolute Gasteiger partial charge is 0.0672 e. The van der Waals surface area contributed by atoms with Crippen molar-refractivity contribution in [2.45, 2.75) is 57.4 Å². The molecule has 19 heavy (non-hydrogen) atoms. The van der Waals surface area contributed by atoms with E-state index >= 15 is 0 Å². The summed E-state index contributed by atoms with van der Waals surface area (Å²) in [6.07, 6.45) is 10.1. The third kappa shape index (κ3) is 4.78. The van der Waals surface area contributed by atoms with Gasteiger partial charge < -0.3 is 10.2 Å². The summed E-state index contributed by atoms with van der Waals surface area (Å²) in [4.78, 5) is 2.43. The van der Waals surface area contributed by atoms with Crippen molar-refractivity contribution in [3.63, 3.8) is 0 Å². The second-order valence-corrected chi connectivity index (χ2v) is 6.47. The van der Waals surface area contributed by atoms with E-state index in [0.29, 0.717) is 6.04 Å². The monoisotopic (exact) mass is 263 g/mol. The Kier molecular flexibility index (Phi) is 6.13. The van der Waals surface area contributed by atoms with Crippen LogP contribution in [0.4, 0.5) is 0 Å². The van der Waals surface area contributed by atoms with E-state index in [1.807, 2.05) is 0 Å². The summed E-state index contributed by atoms with van der Waals surface area (Å²) in [7, 11) is 2.22. The molecule has 1 aliphatic carbocycles. The first-order valence-corrected chi connectivity index (χ1v) is 8.11. The summed E-state index contributed by atoms with van der Waals surface area (Å²) in [5.74, 6) is 1.15. The normalized spacial score (nSPS) is 30.7. The molecular formula is C16H29N3. The van der Waals surface area contributed by atoms with Crippen LogP contribution in [0.2, 0.25) is 0 Å². The number of rotatable bonds is 4. The quantitative estimate of drug-likeness (QED) is 0.793. The molecule has 0 aromatic rings. The zero-order valence-corrected chi connectivity index (χ0v) is 12.4. The Morgan fingerprint density at radius 3 is 2.58 bits per heavy atom. The Hall–Kier alpha value is -0.590. The van der Waals surface area contributed by atoms with E-state index in [1.54, 1.807) is 0 Å². The molecule has 2 aliphatic rings. The Bertz CT molecular complexity index is 289. The van der Waals surface area contributed by atoms with Gasteiger partial charge in [-0.25, -0.2) is 0 Å². The minimum Gasteiger partial charge on any atom is -0.313 e. The lowest BCUT2D eigenvalue weighted by molar-refractivity contribution is 0.209. The maximum atomic E-state index is 9.27. The minimum atomic E-state index is 0.250. The molecule has 1 aliphatic heterocycles. The van der Waals surface area contributed by atoms with Crippen LogP contribution >= 0.6 is 0 Å². The molecule has 108 valence electrons. The van der Waals surface area contributed by atoms with E-state index in [1.165, 1.54) is 58.0 Å². The van der Waals surface area contributed by atoms with Crippen molar-refractivity contribution >= 4 is 0 Å². The van der Waals surface area contributed by atoms with Gasteiger partial charge in [-0.15, -0.1) is 0 Å². The largest absolute Gasteiger partial charge is 0.313 e. The van der Waals surface area contributed by atoms with E-state index in [4.69, 9.17) is 0 Å². The molecule has 1 saturated heterocycles. The predicted octanol–water partition coefficient (Wildman–Crippen LogP) is 2.78. The summed E-state index contributed by atoms with van der Waals surface area (Å²) >= 11 is 0. The molecule has 1 heterocycles. The highest BCUT2D eigenvalue weighted by atomic mass is 15.1. The van der Waals surface area contributed by atoms with E-state index in [0.717, 1.165) is 18.9 Å². The number of likely N-dealkylation sites (tertiary alicyclic amines) is 1. The zero-order valence-electron chi connectivity index (χ0n) is 12.4. The molecule has 2 fully saturated rings. The lowest BCUT2D eigenvalue weighted by Gasteiger charge is -2.29. The fraction of sp³-hybridized carbons (Fsp3) is 0.938. The molecule has 0 aromatic heterocycles. The fourth-order valence-electron chi connectivity index (χ4n) is 3.53. The summed E-state index contributed by atoms with van der Waals surface area (Å²) < 4.78 is 0. The number of hydrogen-bond acceptors (Lipinski definition) is 3. The first-order valence-electron chi connectivity index (χ1n) is 8.11. The maximum Gasteiger partial charge on any atom is 0.0672 e. The molecule has 0 bridgehead atoms. The van der Waals surface area contributed by atoms with Crippen molar-refractivity contribution in [1.82, 2.24) is 10.2 Å². The number of piperidine rings is 1. The van der Waals surface area contributed by atoms with Gasteiger partial charge in [0.15, 0.2) is 0 Å². The zero-order chi connectivity index (χ0) is 13.5. The van der Waals surface area contributed by atoms with Gasteiger partial charge in [0.1, 0.15) is 0 Å². The third-order valence-electron chi connectivity index (χ3n) is 4.98. The Morgan fingerprint density at radius 2 is 1.84 bits per heavy atom. The van der Waals surface area contributed by atoms with E-state index in [-0.39, 0.29) is 5.92 Å². The van der Waals surface area contributed by atoms with Crippen LogP contribution in [0.1, 0.15) is 51.4 Å². The highest BCUT2D eigenvalue weighted by molar-refractivity contribution is 4.93. The molecule has 0 radical (unpaired) electrons. The fourth-order valence-corrected chi connectivity index (χ4v) is 3.53. The number of nitriles is 1. The van der Waals surface area contributed by atoms with Crippen LogP contribution in [0, 0.1) is 23.2 Å². The maximum absolute atomic E-state index is 9.27. The van der Waals surface area contributed by atoms with Crippen molar-refractivity contribution in [1.29, 1.82) is 5.26 Å². The molecule has 0 aromatic carbocycles. The Balaban J connectivity index is 1.67. The van der Waals surface area contributed by atoms with E-state index < -0.39 is 0 Å². The highest BCUT2D eigenvalue weighted by Crippen LogP contribution is 2.24. The van der Waals surface area contributed by atoms with Crippen molar-refractivity contribution < 1.29 is 0 Å². The second-order valence-electron chi connectivity index (χ2n) is 6.47. The summed E-state index contributed by atoms with van der Waals surface area (Å²) in [6.45, 7) is 3.63. The molecule has 1 N–H and O–H groups in total. The lowest BCUT2D eigenvalue weighted by Crippen LogP contribution is -2.37. The molecule has 2 unspecified atom stereocenters. The first-order chi connectivity index (χ1) is 9.29. The van der Waals surface area contributed by atoms with Gasteiger partial charge in [-0.1, -0.05) is 19.3 Å². The van der Waals surface area contributed by atoms with Gasteiger partial charge in [-0.05, 0) is 64.7 Å². The Morgan fingerprint density at radius 1 is 1.11 bits per heavy atom. The topological polar surface area (TPSA) is 39.1 Å². The lowest BCUT2D eigenvalue weighted by atomic mass is 9.92. The molecule has 0 amide bonds. The van der Waals surface area contributed by atoms with Gasteiger partial charge in [-0.3, -0.25) is 0 Å². The van der Waals surface area contributed by atoms with Crippen molar-refractivity contribution in [3.8, 4) is 6.07 Å². The molecule has 2 atom stereocenters. The van der Waals surface area contributed by atoms with E-state index in [9.17, 15) is 5.26 Å². The second kappa shape index (κ2) is 7.87. The molecule has 0 spiro atoms.